The van der Waals surface area contributed by atoms with Gasteiger partial charge in [-0.25, -0.2) is 0 Å². The Balaban J connectivity index is 2.65. The summed E-state index contributed by atoms with van der Waals surface area (Å²) in [5.74, 6) is 4.64. The second-order valence-electron chi connectivity index (χ2n) is 6.49. The molecule has 2 rings (SSSR count). The van der Waals surface area contributed by atoms with E-state index in [-0.39, 0.29) is 23.0 Å². The van der Waals surface area contributed by atoms with Crippen molar-refractivity contribution in [1.29, 1.82) is 0 Å². The number of fused-ring (bicyclic) bond motifs is 1. The molecule has 1 amide bonds. The van der Waals surface area contributed by atoms with E-state index < -0.39 is 34.7 Å². The number of halogens is 6. The van der Waals surface area contributed by atoms with Crippen molar-refractivity contribution < 1.29 is 36.2 Å². The number of thioether (sulfide) groups is 1. The molecule has 1 atom stereocenters. The quantitative estimate of drug-likeness (QED) is 0.561. The third-order valence-electron chi connectivity index (χ3n) is 4.17. The maximum Gasteiger partial charge on any atom is 0.430 e. The minimum atomic E-state index is -5.98. The number of alkyl halides is 6. The molecule has 10 heteroatoms. The van der Waals surface area contributed by atoms with Gasteiger partial charge in [-0.1, -0.05) is 25.8 Å². The Kier molecular flexibility index (Phi) is 6.02. The molecule has 0 spiro atoms. The number of nitrogens with zero attached hydrogens (tertiary/aromatic N) is 1. The van der Waals surface area contributed by atoms with Crippen LogP contribution in [0.2, 0.25) is 0 Å². The number of rotatable bonds is 2. The van der Waals surface area contributed by atoms with Gasteiger partial charge in [0.1, 0.15) is 0 Å². The van der Waals surface area contributed by atoms with Crippen LogP contribution >= 0.6 is 11.8 Å². The van der Waals surface area contributed by atoms with Gasteiger partial charge in [-0.2, -0.15) is 26.3 Å². The van der Waals surface area contributed by atoms with Crippen molar-refractivity contribution in [3.8, 4) is 11.8 Å². The largest absolute Gasteiger partial charge is 0.430 e. The zero-order valence-electron chi connectivity index (χ0n) is 15.1. The van der Waals surface area contributed by atoms with E-state index in [4.69, 9.17) is 0 Å². The zero-order chi connectivity index (χ0) is 21.5. The molecule has 1 aliphatic rings. The van der Waals surface area contributed by atoms with Crippen molar-refractivity contribution in [2.45, 2.75) is 48.9 Å². The van der Waals surface area contributed by atoms with E-state index in [1.54, 1.807) is 13.8 Å². The fourth-order valence-electron chi connectivity index (χ4n) is 2.76. The number of benzene rings is 1. The molecule has 1 N–H and O–H groups in total. The molecule has 0 saturated heterocycles. The summed E-state index contributed by atoms with van der Waals surface area (Å²) < 4.78 is 79.0. The van der Waals surface area contributed by atoms with E-state index in [0.29, 0.717) is 12.1 Å². The Morgan fingerprint density at radius 3 is 2.25 bits per heavy atom. The summed E-state index contributed by atoms with van der Waals surface area (Å²) >= 11 is 0.953. The lowest BCUT2D eigenvalue weighted by Gasteiger charge is -2.36. The molecule has 3 nitrogen and oxygen atoms in total. The molecule has 0 aromatic heterocycles. The lowest BCUT2D eigenvalue weighted by Crippen LogP contribution is -2.54. The summed E-state index contributed by atoms with van der Waals surface area (Å²) in [6.07, 6.45) is -12.0. The van der Waals surface area contributed by atoms with Crippen molar-refractivity contribution in [3.05, 3.63) is 23.8 Å². The van der Waals surface area contributed by atoms with E-state index in [1.807, 2.05) is 0 Å². The minimum absolute atomic E-state index is 0.0115. The summed E-state index contributed by atoms with van der Waals surface area (Å²) in [5.41, 5.74) is -6.19. The van der Waals surface area contributed by atoms with Gasteiger partial charge in [0.25, 0.3) is 5.60 Å². The number of amides is 1. The van der Waals surface area contributed by atoms with Crippen LogP contribution < -0.4 is 4.90 Å². The van der Waals surface area contributed by atoms with Crippen LogP contribution in [0.4, 0.5) is 32.0 Å². The number of carbonyl (C=O) groups is 1. The van der Waals surface area contributed by atoms with Crippen LogP contribution in [0.3, 0.4) is 0 Å². The molecule has 0 aliphatic carbocycles. The smallest absolute Gasteiger partial charge is 0.369 e. The number of hydrogen-bond donors (Lipinski definition) is 1. The van der Waals surface area contributed by atoms with Crippen molar-refractivity contribution in [2.24, 2.45) is 5.92 Å². The van der Waals surface area contributed by atoms with Crippen LogP contribution in [0, 0.1) is 17.8 Å². The molecule has 1 unspecified atom stereocenters. The van der Waals surface area contributed by atoms with Gasteiger partial charge in [0.15, 0.2) is 0 Å². The Labute approximate surface area is 162 Å². The maximum absolute atomic E-state index is 13.2. The molecule has 1 aliphatic heterocycles. The summed E-state index contributed by atoms with van der Waals surface area (Å²) in [6, 6.07) is 2.17. The molecule has 154 valence electrons. The summed E-state index contributed by atoms with van der Waals surface area (Å²) in [5, 5.41) is 9.09. The van der Waals surface area contributed by atoms with Crippen LogP contribution in [0.1, 0.15) is 26.3 Å². The number of anilines is 1. The predicted octanol–water partition coefficient (Wildman–Crippen LogP) is 4.49. The first-order valence-electron chi connectivity index (χ1n) is 8.14. The molecule has 28 heavy (non-hydrogen) atoms. The van der Waals surface area contributed by atoms with E-state index >= 15 is 0 Å². The van der Waals surface area contributed by atoms with Gasteiger partial charge in [0, 0.05) is 22.9 Å². The van der Waals surface area contributed by atoms with Crippen molar-refractivity contribution >= 4 is 23.4 Å². The topological polar surface area (TPSA) is 40.5 Å². The number of carbonyl (C=O) groups excluding carboxylic acids is 1. The Bertz CT molecular complexity index is 808. The Morgan fingerprint density at radius 1 is 1.21 bits per heavy atom. The van der Waals surface area contributed by atoms with Crippen LogP contribution in [-0.2, 0) is 10.4 Å². The molecule has 0 bridgehead atoms. The first-order chi connectivity index (χ1) is 12.7. The third kappa shape index (κ3) is 3.82. The average molecular weight is 425 g/mol. The third-order valence-corrected chi connectivity index (χ3v) is 5.30. The van der Waals surface area contributed by atoms with Crippen molar-refractivity contribution in [1.82, 2.24) is 0 Å². The molecular weight excluding hydrogens is 408 g/mol. The molecule has 1 aromatic carbocycles. The highest BCUT2D eigenvalue weighted by atomic mass is 32.2. The monoisotopic (exact) mass is 425 g/mol. The number of hydrogen-bond acceptors (Lipinski definition) is 3. The van der Waals surface area contributed by atoms with Crippen LogP contribution in [-0.4, -0.2) is 35.2 Å². The highest BCUT2D eigenvalue weighted by Gasteiger charge is 2.71. The SMILES string of the molecule is CC#CC1CN(C(=O)C(C)C)c2ccc(C(O)(C(F)(F)F)C(F)(F)F)cc2S1. The second-order valence-corrected chi connectivity index (χ2v) is 7.74. The van der Waals surface area contributed by atoms with Gasteiger partial charge in [0.05, 0.1) is 10.9 Å². The second kappa shape index (κ2) is 7.52. The molecule has 0 radical (unpaired) electrons. The van der Waals surface area contributed by atoms with Crippen LogP contribution in [0.25, 0.3) is 0 Å². The molecule has 1 heterocycles. The summed E-state index contributed by atoms with van der Waals surface area (Å²) in [7, 11) is 0. The van der Waals surface area contributed by atoms with Crippen LogP contribution in [0.5, 0.6) is 0 Å². The van der Waals surface area contributed by atoms with E-state index in [9.17, 15) is 36.2 Å². The first-order valence-corrected chi connectivity index (χ1v) is 9.02. The van der Waals surface area contributed by atoms with E-state index in [1.165, 1.54) is 11.8 Å². The van der Waals surface area contributed by atoms with Gasteiger partial charge in [-0.05, 0) is 19.1 Å². The van der Waals surface area contributed by atoms with Gasteiger partial charge in [0.2, 0.25) is 5.91 Å². The van der Waals surface area contributed by atoms with Gasteiger partial charge in [-0.15, -0.1) is 17.7 Å². The average Bonchev–Trinajstić information content (AvgIpc) is 2.57. The molecular formula is C18H17F6NO2S. The Hall–Kier alpha value is -1.86. The minimum Gasteiger partial charge on any atom is -0.369 e. The fourth-order valence-corrected chi connectivity index (χ4v) is 3.96. The lowest BCUT2D eigenvalue weighted by atomic mass is 9.92. The van der Waals surface area contributed by atoms with E-state index in [0.717, 1.165) is 17.8 Å². The van der Waals surface area contributed by atoms with Crippen molar-refractivity contribution in [3.63, 3.8) is 0 Å². The molecule has 1 aromatic rings. The summed E-state index contributed by atoms with van der Waals surface area (Å²) in [4.78, 5) is 13.8. The standard InChI is InChI=1S/C18H17F6NO2S/c1-4-5-12-9-25(15(26)10(2)3)13-7-6-11(8-14(13)28-12)16(27,17(19,20)21)18(22,23)24/h6-8,10,12,27H,9H2,1-3H3. The number of aliphatic hydroxyl groups is 1. The maximum atomic E-state index is 13.2. The first kappa shape index (κ1) is 22.4. The molecule has 0 saturated carbocycles. The normalized spacial score (nSPS) is 17.8. The van der Waals surface area contributed by atoms with Gasteiger partial charge >= 0.3 is 12.4 Å². The highest BCUT2D eigenvalue weighted by molar-refractivity contribution is 8.00. The van der Waals surface area contributed by atoms with Crippen molar-refractivity contribution in [2.75, 3.05) is 11.4 Å². The fraction of sp³-hybridized carbons (Fsp3) is 0.500. The summed E-state index contributed by atoms with van der Waals surface area (Å²) in [6.45, 7) is 4.94. The Morgan fingerprint density at radius 2 is 1.79 bits per heavy atom. The van der Waals surface area contributed by atoms with Gasteiger partial charge in [-0.3, -0.25) is 4.79 Å². The van der Waals surface area contributed by atoms with Gasteiger partial charge < -0.3 is 10.0 Å². The van der Waals surface area contributed by atoms with Crippen LogP contribution in [0.15, 0.2) is 23.1 Å². The molecule has 0 fully saturated rings. The highest BCUT2D eigenvalue weighted by Crippen LogP contribution is 2.51. The van der Waals surface area contributed by atoms with E-state index in [2.05, 4.69) is 11.8 Å². The lowest BCUT2D eigenvalue weighted by molar-refractivity contribution is -0.376. The predicted molar refractivity (Wildman–Crippen MR) is 92.7 cm³/mol. The zero-order valence-corrected chi connectivity index (χ0v) is 15.9.